The van der Waals surface area contributed by atoms with Crippen molar-refractivity contribution in [1.82, 2.24) is 15.6 Å². The van der Waals surface area contributed by atoms with Crippen molar-refractivity contribution >= 4 is 35.6 Å². The van der Waals surface area contributed by atoms with Gasteiger partial charge in [0.1, 0.15) is 0 Å². The van der Waals surface area contributed by atoms with Crippen molar-refractivity contribution in [2.45, 2.75) is 79.1 Å². The van der Waals surface area contributed by atoms with Crippen molar-refractivity contribution in [3.05, 3.63) is 63.6 Å². The third kappa shape index (κ3) is 14.1. The molecule has 210 valence electrons. The van der Waals surface area contributed by atoms with Gasteiger partial charge in [-0.3, -0.25) is 9.98 Å². The molecular weight excluding hydrogens is 505 g/mol. The topological polar surface area (TPSA) is 49.3 Å². The Balaban J connectivity index is 0.000000735. The Morgan fingerprint density at radius 2 is 1.95 bits per heavy atom. The van der Waals surface area contributed by atoms with Gasteiger partial charge in [-0.05, 0) is 87.5 Å². The molecule has 0 spiro atoms. The number of hydrogen-bond donors (Lipinski definition) is 2. The van der Waals surface area contributed by atoms with E-state index in [1.165, 1.54) is 66.5 Å². The summed E-state index contributed by atoms with van der Waals surface area (Å²) < 4.78 is 0. The zero-order chi connectivity index (χ0) is 28.8. The predicted octanol–water partition coefficient (Wildman–Crippen LogP) is 7.85. The quantitative estimate of drug-likeness (QED) is 0.0760. The molecular formula is C32H50N4S2. The van der Waals surface area contributed by atoms with Crippen molar-refractivity contribution < 1.29 is 0 Å². The van der Waals surface area contributed by atoms with Crippen LogP contribution in [-0.2, 0) is 6.42 Å². The monoisotopic (exact) mass is 554 g/mol. The van der Waals surface area contributed by atoms with Crippen molar-refractivity contribution in [1.29, 1.82) is 0 Å². The van der Waals surface area contributed by atoms with E-state index in [0.717, 1.165) is 35.7 Å². The molecule has 0 radical (unpaired) electrons. The first kappa shape index (κ1) is 35.8. The summed E-state index contributed by atoms with van der Waals surface area (Å²) in [6.45, 7) is 13.1. The number of unbranched alkanes of at least 4 members (excludes halogenated alkanes) is 4. The van der Waals surface area contributed by atoms with Gasteiger partial charge in [0.05, 0.1) is 5.70 Å². The van der Waals surface area contributed by atoms with Gasteiger partial charge in [-0.2, -0.15) is 0 Å². The van der Waals surface area contributed by atoms with Crippen LogP contribution in [0, 0.1) is 25.7 Å². The first-order valence-corrected chi connectivity index (χ1v) is 15.1. The highest BCUT2D eigenvalue weighted by Crippen LogP contribution is 2.31. The standard InChI is InChI=1S/C17H27N3S2.C13H21N.C2H2/c1-6-13-7-14(9-18-3)15(8-16(13)19-4)10-22-11-17(20-5)12(2)21;1-3-4-5-6-7-8-13-9-10-14-11-12(13)2;1-2/h8,11,13,18-19H,5-7,9-10H2,1-4H3;9-11H,3-8H2,1-2H3;1-2H/b17-11-;;. The number of thiocarbonyl (C=S) groups is 1. The summed E-state index contributed by atoms with van der Waals surface area (Å²) in [4.78, 5) is 8.86. The van der Waals surface area contributed by atoms with Crippen LogP contribution in [0.25, 0.3) is 0 Å². The van der Waals surface area contributed by atoms with Gasteiger partial charge < -0.3 is 10.6 Å². The summed E-state index contributed by atoms with van der Waals surface area (Å²) in [6, 6.07) is 2.15. The Labute approximate surface area is 243 Å². The second-order valence-corrected chi connectivity index (χ2v) is 10.8. The minimum absolute atomic E-state index is 0.603. The van der Waals surface area contributed by atoms with E-state index in [-0.39, 0.29) is 0 Å². The first-order chi connectivity index (χ1) is 18.4. The molecule has 4 nitrogen and oxygen atoms in total. The Hall–Kier alpha value is -2.20. The average molecular weight is 555 g/mol. The zero-order valence-electron chi connectivity index (χ0n) is 24.6. The van der Waals surface area contributed by atoms with Crippen LogP contribution in [0.4, 0.5) is 0 Å². The molecule has 38 heavy (non-hydrogen) atoms. The molecule has 1 unspecified atom stereocenters. The van der Waals surface area contributed by atoms with Gasteiger partial charge >= 0.3 is 0 Å². The van der Waals surface area contributed by atoms with E-state index in [9.17, 15) is 0 Å². The number of thioether (sulfide) groups is 1. The minimum atomic E-state index is 0.603. The lowest BCUT2D eigenvalue weighted by Gasteiger charge is -2.27. The summed E-state index contributed by atoms with van der Waals surface area (Å²) in [5, 5.41) is 8.66. The maximum absolute atomic E-state index is 5.16. The number of nitrogens with zero attached hydrogens (tertiary/aromatic N) is 2. The van der Waals surface area contributed by atoms with Gasteiger partial charge in [-0.15, -0.1) is 24.6 Å². The van der Waals surface area contributed by atoms with Crippen LogP contribution < -0.4 is 10.6 Å². The van der Waals surface area contributed by atoms with Gasteiger partial charge in [0.25, 0.3) is 0 Å². The number of aliphatic imine (C=N–C) groups is 1. The van der Waals surface area contributed by atoms with Crippen molar-refractivity contribution in [2.75, 3.05) is 26.4 Å². The largest absolute Gasteiger partial charge is 0.391 e. The number of hydrogen-bond acceptors (Lipinski definition) is 6. The second-order valence-electron chi connectivity index (χ2n) is 9.31. The van der Waals surface area contributed by atoms with Gasteiger partial charge in [0.15, 0.2) is 0 Å². The Kier molecular flexibility index (Phi) is 21.4. The van der Waals surface area contributed by atoms with Crippen LogP contribution in [0.1, 0.15) is 76.8 Å². The number of allylic oxidation sites excluding steroid dienone is 3. The molecule has 0 amide bonds. The maximum atomic E-state index is 5.16. The molecule has 1 aromatic rings. The van der Waals surface area contributed by atoms with E-state index in [1.54, 1.807) is 11.8 Å². The fourth-order valence-electron chi connectivity index (χ4n) is 4.27. The molecule has 1 aromatic heterocycles. The van der Waals surface area contributed by atoms with Crippen molar-refractivity contribution in [3.63, 3.8) is 0 Å². The highest BCUT2D eigenvalue weighted by atomic mass is 32.2. The summed E-state index contributed by atoms with van der Waals surface area (Å²) >= 11 is 6.89. The third-order valence-electron chi connectivity index (χ3n) is 6.54. The van der Waals surface area contributed by atoms with E-state index < -0.39 is 0 Å². The van der Waals surface area contributed by atoms with E-state index in [2.05, 4.69) is 73.1 Å². The van der Waals surface area contributed by atoms with Gasteiger partial charge in [-0.25, -0.2) is 0 Å². The predicted molar refractivity (Wildman–Crippen MR) is 176 cm³/mol. The number of aromatic nitrogens is 1. The molecule has 2 rings (SSSR count). The lowest BCUT2D eigenvalue weighted by molar-refractivity contribution is 0.533. The number of likely N-dealkylation sites (N-methyl/N-ethyl adjacent to an activating group) is 1. The third-order valence-corrected chi connectivity index (χ3v) is 7.62. The number of aryl methyl sites for hydroxylation is 2. The Morgan fingerprint density at radius 3 is 2.50 bits per heavy atom. The SMILES string of the molecule is C#C.C=N/C(=C\SCC1=C(CNC)CC(CC)C(NC)=C1)C(C)=S.CCCCCCCc1ccncc1C. The lowest BCUT2D eigenvalue weighted by atomic mass is 9.85. The van der Waals surface area contributed by atoms with Crippen molar-refractivity contribution in [3.8, 4) is 12.8 Å². The first-order valence-electron chi connectivity index (χ1n) is 13.7. The van der Waals surface area contributed by atoms with E-state index in [0.29, 0.717) is 5.92 Å². The molecule has 0 bridgehead atoms. The second kappa shape index (κ2) is 22.8. The molecule has 1 aliphatic carbocycles. The maximum Gasteiger partial charge on any atom is 0.0821 e. The fraction of sp³-hybridized carbons (Fsp3) is 0.531. The summed E-state index contributed by atoms with van der Waals surface area (Å²) in [7, 11) is 4.02. The van der Waals surface area contributed by atoms with Gasteiger partial charge in [0, 0.05) is 48.2 Å². The van der Waals surface area contributed by atoms with E-state index in [1.807, 2.05) is 38.8 Å². The Bertz CT molecular complexity index is 944. The number of pyridine rings is 1. The van der Waals surface area contributed by atoms with Crippen LogP contribution in [0.5, 0.6) is 0 Å². The number of rotatable bonds is 15. The minimum Gasteiger partial charge on any atom is -0.391 e. The molecule has 1 aliphatic rings. The highest BCUT2D eigenvalue weighted by Gasteiger charge is 2.20. The molecule has 0 fully saturated rings. The molecule has 1 atom stereocenters. The fourth-order valence-corrected chi connectivity index (χ4v) is 5.43. The molecule has 0 aliphatic heterocycles. The van der Waals surface area contributed by atoms with E-state index in [4.69, 9.17) is 12.2 Å². The summed E-state index contributed by atoms with van der Waals surface area (Å²) in [5.41, 5.74) is 7.85. The van der Waals surface area contributed by atoms with Gasteiger partial charge in [0.2, 0.25) is 0 Å². The molecule has 0 aromatic carbocycles. The zero-order valence-corrected chi connectivity index (χ0v) is 26.2. The summed E-state index contributed by atoms with van der Waals surface area (Å²) in [5.74, 6) is 1.53. The van der Waals surface area contributed by atoms with Crippen LogP contribution in [0.2, 0.25) is 0 Å². The molecule has 2 N–H and O–H groups in total. The normalized spacial score (nSPS) is 14.9. The lowest BCUT2D eigenvalue weighted by Crippen LogP contribution is -2.24. The van der Waals surface area contributed by atoms with Crippen LogP contribution in [-0.4, -0.2) is 43.0 Å². The number of terminal acetylenes is 1. The number of nitrogens with one attached hydrogen (secondary N) is 2. The van der Waals surface area contributed by atoms with Crippen LogP contribution in [0.15, 0.2) is 57.5 Å². The van der Waals surface area contributed by atoms with Crippen LogP contribution >= 0.6 is 24.0 Å². The average Bonchev–Trinajstić information content (AvgIpc) is 2.93. The molecule has 0 saturated carbocycles. The molecule has 1 heterocycles. The van der Waals surface area contributed by atoms with E-state index >= 15 is 0 Å². The summed E-state index contributed by atoms with van der Waals surface area (Å²) in [6.07, 6.45) is 24.5. The van der Waals surface area contributed by atoms with Crippen LogP contribution in [0.3, 0.4) is 0 Å². The smallest absolute Gasteiger partial charge is 0.0821 e. The molecule has 0 saturated heterocycles. The van der Waals surface area contributed by atoms with Gasteiger partial charge in [-0.1, -0.05) is 57.3 Å². The van der Waals surface area contributed by atoms with Crippen molar-refractivity contribution in [2.24, 2.45) is 10.9 Å². The highest BCUT2D eigenvalue weighted by molar-refractivity contribution is 8.02. The Morgan fingerprint density at radius 1 is 1.24 bits per heavy atom. The molecule has 6 heteroatoms.